The van der Waals surface area contributed by atoms with Crippen molar-refractivity contribution in [1.82, 2.24) is 4.90 Å². The van der Waals surface area contributed by atoms with E-state index in [1.54, 1.807) is 25.1 Å². The van der Waals surface area contributed by atoms with Crippen LogP contribution in [0.5, 0.6) is 0 Å². The summed E-state index contributed by atoms with van der Waals surface area (Å²) in [4.78, 5) is 14.0. The second-order valence-electron chi connectivity index (χ2n) is 7.00. The molecule has 4 heteroatoms. The molecule has 0 atom stereocenters. The summed E-state index contributed by atoms with van der Waals surface area (Å²) in [5.41, 5.74) is 2.23. The van der Waals surface area contributed by atoms with Crippen LogP contribution >= 0.6 is 0 Å². The molecule has 2 rings (SSSR count). The molecule has 0 radical (unpaired) electrons. The molecule has 118 valence electrons. The number of hydrogen-bond donors (Lipinski definition) is 1. The summed E-state index contributed by atoms with van der Waals surface area (Å²) in [7, 11) is 0. The molecule has 1 aromatic rings. The van der Waals surface area contributed by atoms with Crippen LogP contribution in [0.15, 0.2) is 18.2 Å². The van der Waals surface area contributed by atoms with E-state index in [0.717, 1.165) is 31.6 Å². The van der Waals surface area contributed by atoms with Gasteiger partial charge in [0.05, 0.1) is 11.3 Å². The number of anilines is 1. The number of benzene rings is 1. The molecule has 0 unspecified atom stereocenters. The number of piperidine rings is 1. The van der Waals surface area contributed by atoms with Gasteiger partial charge in [-0.1, -0.05) is 0 Å². The third-order valence-electron chi connectivity index (χ3n) is 4.35. The lowest BCUT2D eigenvalue weighted by Crippen LogP contribution is -2.48. The Balaban J connectivity index is 2.07. The van der Waals surface area contributed by atoms with Crippen molar-refractivity contribution in [1.29, 1.82) is 5.26 Å². The maximum absolute atomic E-state index is 11.5. The highest BCUT2D eigenvalue weighted by Gasteiger charge is 2.27. The lowest BCUT2D eigenvalue weighted by molar-refractivity contribution is 0.101. The van der Waals surface area contributed by atoms with Gasteiger partial charge in [0, 0.05) is 30.2 Å². The van der Waals surface area contributed by atoms with E-state index in [1.165, 1.54) is 0 Å². The fourth-order valence-electron chi connectivity index (χ4n) is 2.89. The van der Waals surface area contributed by atoms with Gasteiger partial charge >= 0.3 is 0 Å². The first kappa shape index (κ1) is 16.5. The van der Waals surface area contributed by atoms with Crippen LogP contribution < -0.4 is 5.32 Å². The summed E-state index contributed by atoms with van der Waals surface area (Å²) in [6, 6.07) is 7.80. The van der Waals surface area contributed by atoms with Gasteiger partial charge in [0.2, 0.25) is 0 Å². The van der Waals surface area contributed by atoms with Gasteiger partial charge in [0.25, 0.3) is 0 Å². The number of nitriles is 1. The number of likely N-dealkylation sites (tertiary alicyclic amines) is 1. The lowest BCUT2D eigenvalue weighted by atomic mass is 9.97. The molecule has 1 fully saturated rings. The van der Waals surface area contributed by atoms with Crippen molar-refractivity contribution >= 4 is 11.5 Å². The Labute approximate surface area is 133 Å². The molecule has 1 heterocycles. The fraction of sp³-hybridized carbons (Fsp3) is 0.556. The molecule has 0 aliphatic carbocycles. The average molecular weight is 299 g/mol. The Morgan fingerprint density at radius 1 is 1.32 bits per heavy atom. The van der Waals surface area contributed by atoms with Crippen LogP contribution in [0, 0.1) is 11.3 Å². The molecule has 0 amide bonds. The highest BCUT2D eigenvalue weighted by Crippen LogP contribution is 2.24. The standard InChI is InChI=1S/C18H25N3O/c1-13(22)14-5-6-15(12-19)17(11-14)20-16-7-9-21(10-8-16)18(2,3)4/h5-6,11,16,20H,7-10H2,1-4H3. The van der Waals surface area contributed by atoms with E-state index in [0.29, 0.717) is 17.2 Å². The number of ketones is 1. The van der Waals surface area contributed by atoms with Gasteiger partial charge in [-0.2, -0.15) is 5.26 Å². The number of nitrogens with one attached hydrogen (secondary N) is 1. The van der Waals surface area contributed by atoms with Crippen molar-refractivity contribution in [2.75, 3.05) is 18.4 Å². The SMILES string of the molecule is CC(=O)c1ccc(C#N)c(NC2CCN(C(C)(C)C)CC2)c1. The quantitative estimate of drug-likeness (QED) is 0.869. The van der Waals surface area contributed by atoms with E-state index >= 15 is 0 Å². The Bertz CT molecular complexity index is 587. The predicted molar refractivity (Wildman–Crippen MR) is 89.1 cm³/mol. The van der Waals surface area contributed by atoms with Crippen molar-refractivity contribution < 1.29 is 4.79 Å². The fourth-order valence-corrected chi connectivity index (χ4v) is 2.89. The van der Waals surface area contributed by atoms with Crippen molar-refractivity contribution in [3.05, 3.63) is 29.3 Å². The zero-order valence-corrected chi connectivity index (χ0v) is 13.9. The van der Waals surface area contributed by atoms with Gasteiger partial charge in [-0.15, -0.1) is 0 Å². The maximum Gasteiger partial charge on any atom is 0.159 e. The monoisotopic (exact) mass is 299 g/mol. The Hall–Kier alpha value is -1.86. The molecule has 0 aromatic heterocycles. The highest BCUT2D eigenvalue weighted by molar-refractivity contribution is 5.95. The number of Topliss-reactive ketones (excluding diaryl/α,β-unsaturated/α-hetero) is 1. The van der Waals surface area contributed by atoms with Gasteiger partial charge < -0.3 is 5.32 Å². The summed E-state index contributed by atoms with van der Waals surface area (Å²) < 4.78 is 0. The molecule has 1 aliphatic heterocycles. The molecular formula is C18H25N3O. The molecule has 4 nitrogen and oxygen atoms in total. The zero-order chi connectivity index (χ0) is 16.3. The summed E-state index contributed by atoms with van der Waals surface area (Å²) in [5, 5.41) is 12.7. The summed E-state index contributed by atoms with van der Waals surface area (Å²) in [6.07, 6.45) is 2.10. The Kier molecular flexibility index (Phi) is 4.87. The van der Waals surface area contributed by atoms with E-state index in [-0.39, 0.29) is 11.3 Å². The second kappa shape index (κ2) is 6.50. The summed E-state index contributed by atoms with van der Waals surface area (Å²) in [6.45, 7) is 10.4. The van der Waals surface area contributed by atoms with Gasteiger partial charge in [-0.05, 0) is 58.7 Å². The topological polar surface area (TPSA) is 56.1 Å². The van der Waals surface area contributed by atoms with E-state index in [4.69, 9.17) is 0 Å². The number of carbonyl (C=O) groups is 1. The highest BCUT2D eigenvalue weighted by atomic mass is 16.1. The smallest absolute Gasteiger partial charge is 0.159 e. The minimum atomic E-state index is 0.0232. The Morgan fingerprint density at radius 3 is 2.45 bits per heavy atom. The molecule has 1 aliphatic rings. The van der Waals surface area contributed by atoms with Gasteiger partial charge in [0.1, 0.15) is 6.07 Å². The van der Waals surface area contributed by atoms with Crippen LogP contribution in [-0.4, -0.2) is 35.4 Å². The van der Waals surface area contributed by atoms with E-state index in [9.17, 15) is 10.1 Å². The molecule has 1 saturated heterocycles. The number of hydrogen-bond acceptors (Lipinski definition) is 4. The van der Waals surface area contributed by atoms with Crippen LogP contribution in [0.2, 0.25) is 0 Å². The largest absolute Gasteiger partial charge is 0.381 e. The van der Waals surface area contributed by atoms with E-state index in [2.05, 4.69) is 37.1 Å². The number of nitrogens with zero attached hydrogens (tertiary/aromatic N) is 2. The molecule has 1 aromatic carbocycles. The molecule has 22 heavy (non-hydrogen) atoms. The zero-order valence-electron chi connectivity index (χ0n) is 13.9. The average Bonchev–Trinajstić information content (AvgIpc) is 2.46. The normalized spacial score (nSPS) is 17.0. The van der Waals surface area contributed by atoms with Crippen molar-refractivity contribution in [3.8, 4) is 6.07 Å². The first-order valence-electron chi connectivity index (χ1n) is 7.88. The first-order valence-corrected chi connectivity index (χ1v) is 7.88. The van der Waals surface area contributed by atoms with Gasteiger partial charge in [-0.25, -0.2) is 0 Å². The van der Waals surface area contributed by atoms with Crippen molar-refractivity contribution in [3.63, 3.8) is 0 Å². The summed E-state index contributed by atoms with van der Waals surface area (Å²) >= 11 is 0. The number of carbonyl (C=O) groups excluding carboxylic acids is 1. The van der Waals surface area contributed by atoms with Crippen LogP contribution in [-0.2, 0) is 0 Å². The van der Waals surface area contributed by atoms with Crippen molar-refractivity contribution in [2.45, 2.75) is 52.1 Å². The van der Waals surface area contributed by atoms with Crippen molar-refractivity contribution in [2.24, 2.45) is 0 Å². The van der Waals surface area contributed by atoms with Crippen LogP contribution in [0.1, 0.15) is 56.5 Å². The first-order chi connectivity index (χ1) is 10.3. The third-order valence-corrected chi connectivity index (χ3v) is 4.35. The second-order valence-corrected chi connectivity index (χ2v) is 7.00. The maximum atomic E-state index is 11.5. The molecule has 0 spiro atoms. The number of rotatable bonds is 3. The predicted octanol–water partition coefficient (Wildman–Crippen LogP) is 3.44. The third kappa shape index (κ3) is 3.86. The van der Waals surface area contributed by atoms with Gasteiger partial charge in [-0.3, -0.25) is 9.69 Å². The van der Waals surface area contributed by atoms with E-state index in [1.807, 2.05) is 0 Å². The molecule has 0 bridgehead atoms. The van der Waals surface area contributed by atoms with E-state index < -0.39 is 0 Å². The molecule has 1 N–H and O–H groups in total. The minimum Gasteiger partial charge on any atom is -0.381 e. The van der Waals surface area contributed by atoms with Crippen LogP contribution in [0.25, 0.3) is 0 Å². The van der Waals surface area contributed by atoms with Gasteiger partial charge in [0.15, 0.2) is 5.78 Å². The summed E-state index contributed by atoms with van der Waals surface area (Å²) in [5.74, 6) is 0.0232. The Morgan fingerprint density at radius 2 is 1.95 bits per heavy atom. The van der Waals surface area contributed by atoms with Crippen LogP contribution in [0.3, 0.4) is 0 Å². The lowest BCUT2D eigenvalue weighted by Gasteiger charge is -2.41. The minimum absolute atomic E-state index is 0.0232. The molecule has 0 saturated carbocycles. The van der Waals surface area contributed by atoms with Crippen LogP contribution in [0.4, 0.5) is 5.69 Å². The molecular weight excluding hydrogens is 274 g/mol.